The molecule has 3 aromatic rings. The zero-order valence-corrected chi connectivity index (χ0v) is 18.4. The van der Waals surface area contributed by atoms with Crippen LogP contribution in [0.3, 0.4) is 0 Å². The summed E-state index contributed by atoms with van der Waals surface area (Å²) in [6.45, 7) is 3.53. The Kier molecular flexibility index (Phi) is 5.81. The highest BCUT2D eigenvalue weighted by Gasteiger charge is 2.31. The van der Waals surface area contributed by atoms with Crippen molar-refractivity contribution >= 4 is 26.9 Å². The van der Waals surface area contributed by atoms with Crippen molar-refractivity contribution in [1.29, 1.82) is 0 Å². The third-order valence-corrected chi connectivity index (χ3v) is 6.73. The van der Waals surface area contributed by atoms with E-state index in [2.05, 4.69) is 0 Å². The Labute approximate surface area is 176 Å². The highest BCUT2D eigenvalue weighted by Crippen LogP contribution is 2.34. The van der Waals surface area contributed by atoms with E-state index >= 15 is 0 Å². The van der Waals surface area contributed by atoms with Crippen LogP contribution in [-0.2, 0) is 26.0 Å². The second-order valence-corrected chi connectivity index (χ2v) is 9.38. The lowest BCUT2D eigenvalue weighted by molar-refractivity contribution is -0.150. The third-order valence-electron chi connectivity index (χ3n) is 5.05. The van der Waals surface area contributed by atoms with Gasteiger partial charge in [-0.15, -0.1) is 0 Å². The quantitative estimate of drug-likeness (QED) is 0.531. The molecule has 0 aliphatic rings. The third kappa shape index (κ3) is 3.87. The summed E-state index contributed by atoms with van der Waals surface area (Å²) in [6.07, 6.45) is 1.86. The van der Waals surface area contributed by atoms with Crippen LogP contribution in [0.15, 0.2) is 53.6 Å². The van der Waals surface area contributed by atoms with E-state index in [1.807, 2.05) is 0 Å². The smallest absolute Gasteiger partial charge is 0.311 e. The number of methoxy groups -OCH3 is 3. The molecule has 1 heterocycles. The normalized spacial score (nSPS) is 12.0. The van der Waals surface area contributed by atoms with Crippen molar-refractivity contribution in [1.82, 2.24) is 3.97 Å². The van der Waals surface area contributed by atoms with E-state index in [4.69, 9.17) is 14.2 Å². The highest BCUT2D eigenvalue weighted by molar-refractivity contribution is 7.90. The van der Waals surface area contributed by atoms with Crippen molar-refractivity contribution in [3.05, 3.63) is 54.2 Å². The van der Waals surface area contributed by atoms with Crippen molar-refractivity contribution in [2.45, 2.75) is 25.2 Å². The molecule has 0 saturated heterocycles. The molecule has 7 nitrogen and oxygen atoms in total. The maximum Gasteiger partial charge on any atom is 0.311 e. The number of benzene rings is 2. The van der Waals surface area contributed by atoms with Gasteiger partial charge in [-0.05, 0) is 68.3 Å². The number of rotatable bonds is 7. The first kappa shape index (κ1) is 21.7. The van der Waals surface area contributed by atoms with E-state index in [0.717, 1.165) is 0 Å². The van der Waals surface area contributed by atoms with Crippen LogP contribution in [0.4, 0.5) is 0 Å². The molecule has 3 rings (SSSR count). The molecular weight excluding hydrogens is 406 g/mol. The number of ether oxygens (including phenoxy) is 3. The van der Waals surface area contributed by atoms with Crippen LogP contribution in [0.5, 0.6) is 11.5 Å². The molecule has 0 aliphatic carbocycles. The zero-order valence-electron chi connectivity index (χ0n) is 17.6. The van der Waals surface area contributed by atoms with Crippen LogP contribution in [0.1, 0.15) is 19.4 Å². The van der Waals surface area contributed by atoms with Crippen LogP contribution in [0.2, 0.25) is 0 Å². The lowest BCUT2D eigenvalue weighted by Gasteiger charge is -2.20. The number of carbonyl (C=O) groups excluding carboxylic acids is 1. The second kappa shape index (κ2) is 8.02. The van der Waals surface area contributed by atoms with Crippen molar-refractivity contribution in [3.8, 4) is 11.5 Å². The zero-order chi connectivity index (χ0) is 22.1. The van der Waals surface area contributed by atoms with E-state index in [-0.39, 0.29) is 10.9 Å². The molecule has 0 atom stereocenters. The molecule has 0 radical (unpaired) electrons. The van der Waals surface area contributed by atoms with Crippen molar-refractivity contribution in [2.75, 3.05) is 21.3 Å². The Morgan fingerprint density at radius 3 is 2.13 bits per heavy atom. The first-order valence-electron chi connectivity index (χ1n) is 9.30. The maximum atomic E-state index is 13.4. The predicted octanol–water partition coefficient (Wildman–Crippen LogP) is 3.64. The Morgan fingerprint density at radius 2 is 1.57 bits per heavy atom. The summed E-state index contributed by atoms with van der Waals surface area (Å²) in [5.74, 6) is 0.792. The molecule has 1 aromatic heterocycles. The summed E-state index contributed by atoms with van der Waals surface area (Å²) < 4.78 is 43.3. The number of carbonyl (C=O) groups is 1. The largest absolute Gasteiger partial charge is 0.497 e. The lowest BCUT2D eigenvalue weighted by atomic mass is 9.86. The van der Waals surface area contributed by atoms with Gasteiger partial charge in [0.1, 0.15) is 11.5 Å². The van der Waals surface area contributed by atoms with Gasteiger partial charge in [-0.1, -0.05) is 0 Å². The number of aromatic nitrogens is 1. The van der Waals surface area contributed by atoms with Gasteiger partial charge in [-0.25, -0.2) is 12.4 Å². The number of nitrogens with zero attached hydrogens (tertiary/aromatic N) is 1. The Morgan fingerprint density at radius 1 is 0.967 bits per heavy atom. The molecule has 0 aliphatic heterocycles. The molecular formula is C22H25NO6S. The molecule has 0 spiro atoms. The Bertz CT molecular complexity index is 1180. The van der Waals surface area contributed by atoms with Crippen LogP contribution in [-0.4, -0.2) is 39.7 Å². The summed E-state index contributed by atoms with van der Waals surface area (Å²) in [7, 11) is 0.537. The molecule has 0 N–H and O–H groups in total. The van der Waals surface area contributed by atoms with Gasteiger partial charge in [-0.2, -0.15) is 0 Å². The summed E-state index contributed by atoms with van der Waals surface area (Å²) in [6, 6.07) is 11.4. The summed E-state index contributed by atoms with van der Waals surface area (Å²) in [4.78, 5) is 12.3. The number of hydrogen-bond donors (Lipinski definition) is 0. The topological polar surface area (TPSA) is 83.8 Å². The van der Waals surface area contributed by atoms with E-state index in [0.29, 0.717) is 34.4 Å². The highest BCUT2D eigenvalue weighted by atomic mass is 32.2. The minimum Gasteiger partial charge on any atom is -0.497 e. The Balaban J connectivity index is 2.18. The van der Waals surface area contributed by atoms with Gasteiger partial charge in [0.15, 0.2) is 0 Å². The van der Waals surface area contributed by atoms with Gasteiger partial charge >= 0.3 is 5.97 Å². The van der Waals surface area contributed by atoms with Crippen LogP contribution in [0.25, 0.3) is 10.9 Å². The molecule has 30 heavy (non-hydrogen) atoms. The fourth-order valence-electron chi connectivity index (χ4n) is 3.40. The summed E-state index contributed by atoms with van der Waals surface area (Å²) in [5, 5.41) is 0.698. The molecule has 0 fully saturated rings. The number of esters is 1. The first-order chi connectivity index (χ1) is 14.1. The van der Waals surface area contributed by atoms with Crippen LogP contribution < -0.4 is 9.47 Å². The van der Waals surface area contributed by atoms with Gasteiger partial charge in [0.2, 0.25) is 0 Å². The second-order valence-electron chi connectivity index (χ2n) is 7.57. The average Bonchev–Trinajstić information content (AvgIpc) is 3.10. The van der Waals surface area contributed by atoms with E-state index in [9.17, 15) is 13.2 Å². The monoisotopic (exact) mass is 431 g/mol. The fraction of sp³-hybridized carbons (Fsp3) is 0.318. The lowest BCUT2D eigenvalue weighted by Crippen LogP contribution is -2.27. The molecule has 0 amide bonds. The van der Waals surface area contributed by atoms with Gasteiger partial charge in [0.05, 0.1) is 37.2 Å². The standard InChI is InChI=1S/C22H25NO6S/c1-22(2,21(24)29-5)13-15-14-23(20-11-8-17(28-4)12-19(15)20)30(25,26)18-9-6-16(27-3)7-10-18/h6-12,14H,13H2,1-5H3. The van der Waals surface area contributed by atoms with Crippen LogP contribution >= 0.6 is 0 Å². The van der Waals surface area contributed by atoms with Gasteiger partial charge < -0.3 is 14.2 Å². The maximum absolute atomic E-state index is 13.4. The molecule has 2 aromatic carbocycles. The fourth-order valence-corrected chi connectivity index (χ4v) is 4.79. The minimum absolute atomic E-state index is 0.134. The average molecular weight is 432 g/mol. The minimum atomic E-state index is -3.87. The van der Waals surface area contributed by atoms with Gasteiger partial charge in [0.25, 0.3) is 10.0 Å². The van der Waals surface area contributed by atoms with Gasteiger partial charge in [-0.3, -0.25) is 4.79 Å². The van der Waals surface area contributed by atoms with E-state index in [1.165, 1.54) is 30.3 Å². The molecule has 8 heteroatoms. The van der Waals surface area contributed by atoms with Gasteiger partial charge in [0, 0.05) is 11.6 Å². The number of fused-ring (bicyclic) bond motifs is 1. The van der Waals surface area contributed by atoms with Crippen molar-refractivity contribution in [2.24, 2.45) is 5.41 Å². The van der Waals surface area contributed by atoms with Crippen molar-refractivity contribution < 1.29 is 27.4 Å². The molecule has 0 saturated carbocycles. The van der Waals surface area contributed by atoms with Crippen LogP contribution in [0, 0.1) is 5.41 Å². The Hall–Kier alpha value is -3.00. The molecule has 160 valence electrons. The molecule has 0 bridgehead atoms. The van der Waals surface area contributed by atoms with E-state index in [1.54, 1.807) is 57.5 Å². The van der Waals surface area contributed by atoms with E-state index < -0.39 is 15.4 Å². The predicted molar refractivity (Wildman–Crippen MR) is 114 cm³/mol. The first-order valence-corrected chi connectivity index (χ1v) is 10.7. The number of hydrogen-bond acceptors (Lipinski definition) is 6. The van der Waals surface area contributed by atoms with Crippen molar-refractivity contribution in [3.63, 3.8) is 0 Å². The SMILES string of the molecule is COC(=O)C(C)(C)Cc1cn(S(=O)(=O)c2ccc(OC)cc2)c2ccc(OC)cc12. The summed E-state index contributed by atoms with van der Waals surface area (Å²) >= 11 is 0. The summed E-state index contributed by atoms with van der Waals surface area (Å²) in [5.41, 5.74) is 0.375. The molecule has 0 unspecified atom stereocenters.